The van der Waals surface area contributed by atoms with E-state index in [0.717, 1.165) is 18.5 Å². The Balaban J connectivity index is 2.68. The average Bonchev–Trinajstić information content (AvgIpc) is 2.35. The van der Waals surface area contributed by atoms with Gasteiger partial charge in [0, 0.05) is 30.8 Å². The second kappa shape index (κ2) is 7.70. The molecule has 0 unspecified atom stereocenters. The van der Waals surface area contributed by atoms with Gasteiger partial charge in [-0.15, -0.1) is 0 Å². The molecular formula is C13H21N3O3. The van der Waals surface area contributed by atoms with Gasteiger partial charge in [-0.1, -0.05) is 0 Å². The van der Waals surface area contributed by atoms with E-state index in [0.29, 0.717) is 18.9 Å². The summed E-state index contributed by atoms with van der Waals surface area (Å²) < 4.78 is 5.69. The minimum absolute atomic E-state index is 0.0888. The number of nitro benzene ring substituents is 1. The highest BCUT2D eigenvalue weighted by molar-refractivity contribution is 5.43. The summed E-state index contributed by atoms with van der Waals surface area (Å²) in [5.74, 6) is 0.707. The summed E-state index contributed by atoms with van der Waals surface area (Å²) in [5.41, 5.74) is 0.896. The van der Waals surface area contributed by atoms with Gasteiger partial charge >= 0.3 is 0 Å². The fourth-order valence-corrected chi connectivity index (χ4v) is 1.71. The van der Waals surface area contributed by atoms with Gasteiger partial charge in [-0.25, -0.2) is 0 Å². The lowest BCUT2D eigenvalue weighted by molar-refractivity contribution is -0.384. The highest BCUT2D eigenvalue weighted by atomic mass is 16.6. The molecule has 1 aromatic rings. The molecule has 0 aliphatic rings. The Labute approximate surface area is 113 Å². The molecule has 0 spiro atoms. The first kappa shape index (κ1) is 15.4. The molecular weight excluding hydrogens is 246 g/mol. The van der Waals surface area contributed by atoms with Crippen molar-refractivity contribution < 1.29 is 9.66 Å². The Morgan fingerprint density at radius 2 is 2.16 bits per heavy atom. The van der Waals surface area contributed by atoms with Crippen LogP contribution >= 0.6 is 0 Å². The van der Waals surface area contributed by atoms with Crippen molar-refractivity contribution in [1.29, 1.82) is 0 Å². The fraction of sp³-hybridized carbons (Fsp3) is 0.538. The summed E-state index contributed by atoms with van der Waals surface area (Å²) in [6.45, 7) is 2.10. The van der Waals surface area contributed by atoms with Crippen molar-refractivity contribution in [2.75, 3.05) is 34.3 Å². The number of benzene rings is 1. The zero-order valence-corrected chi connectivity index (χ0v) is 11.7. The van der Waals surface area contributed by atoms with Gasteiger partial charge in [-0.3, -0.25) is 10.1 Å². The molecule has 0 heterocycles. The minimum atomic E-state index is -0.394. The van der Waals surface area contributed by atoms with Gasteiger partial charge in [0.15, 0.2) is 0 Å². The number of nitrogens with zero attached hydrogens (tertiary/aromatic N) is 2. The number of nitrogens with one attached hydrogen (secondary N) is 1. The van der Waals surface area contributed by atoms with Crippen LogP contribution in [0, 0.1) is 10.1 Å². The number of non-ortho nitro benzene ring substituents is 1. The summed E-state index contributed by atoms with van der Waals surface area (Å²) in [6.07, 6.45) is 0.920. The molecule has 0 fully saturated rings. The van der Waals surface area contributed by atoms with Gasteiger partial charge in [0.05, 0.1) is 11.5 Å². The quantitative estimate of drug-likeness (QED) is 0.440. The van der Waals surface area contributed by atoms with Gasteiger partial charge in [0.25, 0.3) is 5.69 Å². The molecule has 0 radical (unpaired) electrons. The maximum absolute atomic E-state index is 10.7. The van der Waals surface area contributed by atoms with Crippen LogP contribution in [0.5, 0.6) is 5.75 Å². The Bertz CT molecular complexity index is 422. The highest BCUT2D eigenvalue weighted by Gasteiger charge is 2.11. The van der Waals surface area contributed by atoms with E-state index in [-0.39, 0.29) is 5.69 Å². The second-order valence-electron chi connectivity index (χ2n) is 4.58. The second-order valence-corrected chi connectivity index (χ2v) is 4.58. The lowest BCUT2D eigenvalue weighted by Crippen LogP contribution is -2.16. The fourth-order valence-electron chi connectivity index (χ4n) is 1.71. The van der Waals surface area contributed by atoms with E-state index in [1.165, 1.54) is 6.07 Å². The largest absolute Gasteiger partial charge is 0.493 e. The molecule has 1 aromatic carbocycles. The van der Waals surface area contributed by atoms with Crippen molar-refractivity contribution in [3.05, 3.63) is 33.9 Å². The monoisotopic (exact) mass is 267 g/mol. The molecule has 0 aromatic heterocycles. The first-order valence-corrected chi connectivity index (χ1v) is 6.24. The smallest absolute Gasteiger partial charge is 0.270 e. The van der Waals surface area contributed by atoms with Crippen LogP contribution in [0.15, 0.2) is 18.2 Å². The normalized spacial score (nSPS) is 10.7. The number of ether oxygens (including phenoxy) is 1. The summed E-state index contributed by atoms with van der Waals surface area (Å²) >= 11 is 0. The molecule has 6 heteroatoms. The van der Waals surface area contributed by atoms with Crippen molar-refractivity contribution in [2.45, 2.75) is 13.0 Å². The first-order valence-electron chi connectivity index (χ1n) is 6.24. The number of hydrogen-bond donors (Lipinski definition) is 1. The van der Waals surface area contributed by atoms with E-state index in [1.807, 2.05) is 14.1 Å². The molecule has 0 aliphatic heterocycles. The van der Waals surface area contributed by atoms with Crippen molar-refractivity contribution in [1.82, 2.24) is 10.2 Å². The molecule has 1 N–H and O–H groups in total. The maximum Gasteiger partial charge on any atom is 0.270 e. The number of nitro groups is 1. The van der Waals surface area contributed by atoms with Crippen LogP contribution in [0.25, 0.3) is 0 Å². The topological polar surface area (TPSA) is 67.6 Å². The van der Waals surface area contributed by atoms with Crippen LogP contribution in [0.3, 0.4) is 0 Å². The van der Waals surface area contributed by atoms with E-state index in [2.05, 4.69) is 10.2 Å². The predicted octanol–water partition coefficient (Wildman–Crippen LogP) is 1.64. The van der Waals surface area contributed by atoms with E-state index < -0.39 is 4.92 Å². The van der Waals surface area contributed by atoms with Gasteiger partial charge in [0.2, 0.25) is 0 Å². The zero-order chi connectivity index (χ0) is 14.3. The molecule has 1 rings (SSSR count). The third-order valence-corrected chi connectivity index (χ3v) is 2.63. The Morgan fingerprint density at radius 3 is 2.74 bits per heavy atom. The van der Waals surface area contributed by atoms with Crippen LogP contribution in [-0.2, 0) is 6.54 Å². The lowest BCUT2D eigenvalue weighted by Gasteiger charge is -2.13. The highest BCUT2D eigenvalue weighted by Crippen LogP contribution is 2.24. The Morgan fingerprint density at radius 1 is 1.42 bits per heavy atom. The van der Waals surface area contributed by atoms with Gasteiger partial charge in [0.1, 0.15) is 5.75 Å². The minimum Gasteiger partial charge on any atom is -0.493 e. The molecule has 0 bridgehead atoms. The molecule has 0 amide bonds. The molecule has 0 saturated heterocycles. The molecule has 19 heavy (non-hydrogen) atoms. The molecule has 0 saturated carbocycles. The van der Waals surface area contributed by atoms with Gasteiger partial charge in [-0.05, 0) is 33.6 Å². The van der Waals surface area contributed by atoms with E-state index in [1.54, 1.807) is 19.2 Å². The van der Waals surface area contributed by atoms with Crippen molar-refractivity contribution in [3.8, 4) is 5.75 Å². The lowest BCUT2D eigenvalue weighted by atomic mass is 10.1. The molecule has 6 nitrogen and oxygen atoms in total. The first-order chi connectivity index (χ1) is 9.04. The molecule has 106 valence electrons. The van der Waals surface area contributed by atoms with Crippen LogP contribution < -0.4 is 10.1 Å². The van der Waals surface area contributed by atoms with Crippen LogP contribution in [0.2, 0.25) is 0 Å². The van der Waals surface area contributed by atoms with Crippen LogP contribution in [-0.4, -0.2) is 44.1 Å². The predicted molar refractivity (Wildman–Crippen MR) is 74.5 cm³/mol. The summed E-state index contributed by atoms with van der Waals surface area (Å²) in [6, 6.07) is 4.69. The Kier molecular flexibility index (Phi) is 6.24. The van der Waals surface area contributed by atoms with E-state index in [4.69, 9.17) is 4.74 Å². The van der Waals surface area contributed by atoms with Crippen LogP contribution in [0.1, 0.15) is 12.0 Å². The summed E-state index contributed by atoms with van der Waals surface area (Å²) in [5, 5.41) is 13.7. The Hall–Kier alpha value is -1.66. The summed E-state index contributed by atoms with van der Waals surface area (Å²) in [4.78, 5) is 12.4. The third kappa shape index (κ3) is 5.23. The van der Waals surface area contributed by atoms with Crippen molar-refractivity contribution in [3.63, 3.8) is 0 Å². The zero-order valence-electron chi connectivity index (χ0n) is 11.7. The van der Waals surface area contributed by atoms with Gasteiger partial charge < -0.3 is 15.0 Å². The molecule has 0 atom stereocenters. The number of hydrogen-bond acceptors (Lipinski definition) is 5. The van der Waals surface area contributed by atoms with Crippen LogP contribution in [0.4, 0.5) is 5.69 Å². The standard InChI is InChI=1S/C13H21N3O3/c1-14-10-11-9-12(16(17)18)5-6-13(11)19-8-4-7-15(2)3/h5-6,9,14H,4,7-8,10H2,1-3H3. The number of rotatable bonds is 8. The summed E-state index contributed by atoms with van der Waals surface area (Å²) in [7, 11) is 5.82. The van der Waals surface area contributed by atoms with Gasteiger partial charge in [-0.2, -0.15) is 0 Å². The molecule has 0 aliphatic carbocycles. The van der Waals surface area contributed by atoms with E-state index in [9.17, 15) is 10.1 Å². The SMILES string of the molecule is CNCc1cc([N+](=O)[O-])ccc1OCCCN(C)C. The average molecular weight is 267 g/mol. The van der Waals surface area contributed by atoms with E-state index >= 15 is 0 Å². The maximum atomic E-state index is 10.7. The van der Waals surface area contributed by atoms with Crippen molar-refractivity contribution >= 4 is 5.69 Å². The van der Waals surface area contributed by atoms with Crippen molar-refractivity contribution in [2.24, 2.45) is 0 Å². The third-order valence-electron chi connectivity index (χ3n) is 2.63.